The predicted molar refractivity (Wildman–Crippen MR) is 59.4 cm³/mol. The summed E-state index contributed by atoms with van der Waals surface area (Å²) in [5, 5.41) is 0. The largest absolute Gasteiger partial charge is 0.102 e. The minimum Gasteiger partial charge on any atom is -0.102 e. The van der Waals surface area contributed by atoms with Gasteiger partial charge >= 0.3 is 0 Å². The molecule has 0 saturated heterocycles. The van der Waals surface area contributed by atoms with E-state index in [9.17, 15) is 0 Å². The molecule has 0 unspecified atom stereocenters. The second kappa shape index (κ2) is 5.15. The van der Waals surface area contributed by atoms with E-state index in [1.165, 1.54) is 5.56 Å². The van der Waals surface area contributed by atoms with Crippen LogP contribution >= 0.6 is 0 Å². The SMILES string of the molecule is C=CC(C=C)C=Cc1ccccc1. The van der Waals surface area contributed by atoms with Crippen molar-refractivity contribution in [1.29, 1.82) is 0 Å². The molecule has 0 aliphatic rings. The third-order valence-corrected chi connectivity index (χ3v) is 1.85. The van der Waals surface area contributed by atoms with Gasteiger partial charge in [0.1, 0.15) is 0 Å². The van der Waals surface area contributed by atoms with Crippen molar-refractivity contribution in [3.05, 3.63) is 67.3 Å². The summed E-state index contributed by atoms with van der Waals surface area (Å²) in [5.74, 6) is 0.264. The smallest absolute Gasteiger partial charge is 0.0125 e. The van der Waals surface area contributed by atoms with E-state index < -0.39 is 0 Å². The molecule has 66 valence electrons. The molecule has 0 aliphatic heterocycles. The Balaban J connectivity index is 2.68. The lowest BCUT2D eigenvalue weighted by atomic mass is 10.1. The lowest BCUT2D eigenvalue weighted by Crippen LogP contribution is -1.82. The lowest BCUT2D eigenvalue weighted by molar-refractivity contribution is 1.09. The number of allylic oxidation sites excluding steroid dienone is 3. The van der Waals surface area contributed by atoms with Crippen LogP contribution in [0.5, 0.6) is 0 Å². The van der Waals surface area contributed by atoms with E-state index in [4.69, 9.17) is 0 Å². The molecule has 0 bridgehead atoms. The van der Waals surface area contributed by atoms with Crippen molar-refractivity contribution in [2.24, 2.45) is 5.92 Å². The van der Waals surface area contributed by atoms with Crippen molar-refractivity contribution >= 4 is 6.08 Å². The molecule has 0 heterocycles. The molecule has 0 fully saturated rings. The minimum atomic E-state index is 0.264. The molecule has 0 aromatic heterocycles. The van der Waals surface area contributed by atoms with Crippen molar-refractivity contribution in [3.8, 4) is 0 Å². The van der Waals surface area contributed by atoms with Crippen LogP contribution in [-0.2, 0) is 0 Å². The normalized spacial score (nSPS) is 10.5. The first-order chi connectivity index (χ1) is 6.36. The van der Waals surface area contributed by atoms with E-state index in [2.05, 4.69) is 37.4 Å². The molecule has 0 aliphatic carbocycles. The molecule has 0 atom stereocenters. The van der Waals surface area contributed by atoms with E-state index in [1.54, 1.807) is 0 Å². The summed E-state index contributed by atoms with van der Waals surface area (Å²) < 4.78 is 0. The fourth-order valence-corrected chi connectivity index (χ4v) is 1.04. The van der Waals surface area contributed by atoms with Crippen molar-refractivity contribution in [1.82, 2.24) is 0 Å². The summed E-state index contributed by atoms with van der Waals surface area (Å²) in [5.41, 5.74) is 1.20. The van der Waals surface area contributed by atoms with Gasteiger partial charge < -0.3 is 0 Å². The van der Waals surface area contributed by atoms with E-state index in [0.29, 0.717) is 0 Å². The fraction of sp³-hybridized carbons (Fsp3) is 0.0769. The molecule has 13 heavy (non-hydrogen) atoms. The van der Waals surface area contributed by atoms with Crippen LogP contribution in [0, 0.1) is 5.92 Å². The van der Waals surface area contributed by atoms with Gasteiger partial charge in [-0.3, -0.25) is 0 Å². The number of hydrogen-bond donors (Lipinski definition) is 0. The molecular formula is C13H14. The van der Waals surface area contributed by atoms with Gasteiger partial charge in [-0.1, -0.05) is 54.6 Å². The van der Waals surface area contributed by atoms with Gasteiger partial charge in [-0.15, -0.1) is 13.2 Å². The molecule has 0 heteroatoms. The quantitative estimate of drug-likeness (QED) is 0.604. The van der Waals surface area contributed by atoms with Gasteiger partial charge in [0.2, 0.25) is 0 Å². The van der Waals surface area contributed by atoms with Crippen LogP contribution in [0.25, 0.3) is 6.08 Å². The third kappa shape index (κ3) is 3.12. The van der Waals surface area contributed by atoms with Gasteiger partial charge in [-0.2, -0.15) is 0 Å². The summed E-state index contributed by atoms with van der Waals surface area (Å²) >= 11 is 0. The Morgan fingerprint density at radius 3 is 2.15 bits per heavy atom. The molecule has 1 aromatic carbocycles. The van der Waals surface area contributed by atoms with E-state index in [0.717, 1.165) is 0 Å². The second-order valence-electron chi connectivity index (χ2n) is 2.82. The molecule has 0 amide bonds. The predicted octanol–water partition coefficient (Wildman–Crippen LogP) is 3.69. The van der Waals surface area contributed by atoms with Crippen LogP contribution in [0.1, 0.15) is 5.56 Å². The van der Waals surface area contributed by atoms with Crippen LogP contribution in [0.15, 0.2) is 61.7 Å². The van der Waals surface area contributed by atoms with Crippen molar-refractivity contribution in [3.63, 3.8) is 0 Å². The highest BCUT2D eigenvalue weighted by Gasteiger charge is 1.89. The average molecular weight is 170 g/mol. The monoisotopic (exact) mass is 170 g/mol. The van der Waals surface area contributed by atoms with Crippen LogP contribution in [0.4, 0.5) is 0 Å². The van der Waals surface area contributed by atoms with Gasteiger partial charge in [0.15, 0.2) is 0 Å². The summed E-state index contributed by atoms with van der Waals surface area (Å²) in [4.78, 5) is 0. The third-order valence-electron chi connectivity index (χ3n) is 1.85. The maximum atomic E-state index is 3.72. The fourth-order valence-electron chi connectivity index (χ4n) is 1.04. The van der Waals surface area contributed by atoms with Crippen molar-refractivity contribution < 1.29 is 0 Å². The van der Waals surface area contributed by atoms with Crippen molar-refractivity contribution in [2.45, 2.75) is 0 Å². The Kier molecular flexibility index (Phi) is 3.77. The number of benzene rings is 1. The maximum absolute atomic E-state index is 3.72. The van der Waals surface area contributed by atoms with Crippen LogP contribution in [0.2, 0.25) is 0 Å². The van der Waals surface area contributed by atoms with Crippen molar-refractivity contribution in [2.75, 3.05) is 0 Å². The molecule has 0 saturated carbocycles. The topological polar surface area (TPSA) is 0 Å². The standard InChI is InChI=1S/C13H14/c1-3-12(4-2)10-11-13-8-6-5-7-9-13/h3-12H,1-2H2. The van der Waals surface area contributed by atoms with Crippen LogP contribution < -0.4 is 0 Å². The minimum absolute atomic E-state index is 0.264. The molecule has 0 N–H and O–H groups in total. The molecule has 1 aromatic rings. The zero-order valence-electron chi connectivity index (χ0n) is 7.69. The lowest BCUT2D eigenvalue weighted by Gasteiger charge is -1.97. The summed E-state index contributed by atoms with van der Waals surface area (Å²) in [6.07, 6.45) is 7.89. The Labute approximate surface area is 79.9 Å². The highest BCUT2D eigenvalue weighted by molar-refractivity contribution is 5.49. The zero-order chi connectivity index (χ0) is 9.52. The maximum Gasteiger partial charge on any atom is 0.0125 e. The summed E-state index contributed by atoms with van der Waals surface area (Å²) in [6.45, 7) is 7.44. The van der Waals surface area contributed by atoms with E-state index >= 15 is 0 Å². The molecule has 0 spiro atoms. The first kappa shape index (κ1) is 9.53. The zero-order valence-corrected chi connectivity index (χ0v) is 7.69. The Bertz CT molecular complexity index is 285. The first-order valence-electron chi connectivity index (χ1n) is 4.35. The van der Waals surface area contributed by atoms with Gasteiger partial charge in [0.05, 0.1) is 0 Å². The second-order valence-corrected chi connectivity index (χ2v) is 2.82. The van der Waals surface area contributed by atoms with Gasteiger partial charge in [0.25, 0.3) is 0 Å². The summed E-state index contributed by atoms with van der Waals surface area (Å²) in [6, 6.07) is 10.2. The molecular weight excluding hydrogens is 156 g/mol. The van der Waals surface area contributed by atoms with Crippen LogP contribution in [0.3, 0.4) is 0 Å². The molecule has 1 rings (SSSR count). The molecule has 0 nitrogen and oxygen atoms in total. The number of rotatable bonds is 4. The van der Waals surface area contributed by atoms with E-state index in [1.807, 2.05) is 30.4 Å². The van der Waals surface area contributed by atoms with Crippen LogP contribution in [-0.4, -0.2) is 0 Å². The Hall–Kier alpha value is -1.56. The highest BCUT2D eigenvalue weighted by atomic mass is 13.9. The van der Waals surface area contributed by atoms with E-state index in [-0.39, 0.29) is 5.92 Å². The highest BCUT2D eigenvalue weighted by Crippen LogP contribution is 2.06. The van der Waals surface area contributed by atoms with Gasteiger partial charge in [-0.25, -0.2) is 0 Å². The van der Waals surface area contributed by atoms with Gasteiger partial charge in [-0.05, 0) is 5.56 Å². The molecule has 0 radical (unpaired) electrons. The Morgan fingerprint density at radius 2 is 1.62 bits per heavy atom. The first-order valence-corrected chi connectivity index (χ1v) is 4.35. The average Bonchev–Trinajstić information content (AvgIpc) is 2.21. The van der Waals surface area contributed by atoms with Gasteiger partial charge in [0, 0.05) is 5.92 Å². The summed E-state index contributed by atoms with van der Waals surface area (Å²) in [7, 11) is 0. The number of hydrogen-bond acceptors (Lipinski definition) is 0. The Morgan fingerprint density at radius 1 is 1.00 bits per heavy atom.